The second-order valence-corrected chi connectivity index (χ2v) is 7.15. The SMILES string of the molecule is [2H]C1([2H])NCc2cc(-c3ccc4ncnn4c3)ccc2C1([2H])c1ccc(Cl)c(Cl)c1. The Morgan fingerprint density at radius 3 is 2.85 bits per heavy atom. The van der Waals surface area contributed by atoms with Crippen LogP contribution in [0.1, 0.15) is 26.7 Å². The molecular formula is C21H16Cl2N4. The second kappa shape index (κ2) is 6.64. The molecule has 1 aliphatic heterocycles. The van der Waals surface area contributed by atoms with Gasteiger partial charge in [-0.2, -0.15) is 5.10 Å². The molecule has 0 amide bonds. The normalized spacial score (nSPS) is 22.7. The summed E-state index contributed by atoms with van der Waals surface area (Å²) >= 11 is 12.2. The number of benzene rings is 2. The van der Waals surface area contributed by atoms with Crippen molar-refractivity contribution in [3.8, 4) is 11.1 Å². The van der Waals surface area contributed by atoms with Crippen LogP contribution in [-0.4, -0.2) is 21.1 Å². The minimum Gasteiger partial charge on any atom is -0.312 e. The lowest BCUT2D eigenvalue weighted by molar-refractivity contribution is 0.591. The number of rotatable bonds is 2. The van der Waals surface area contributed by atoms with E-state index in [1.54, 1.807) is 22.7 Å². The van der Waals surface area contributed by atoms with Crippen molar-refractivity contribution in [2.45, 2.75) is 12.4 Å². The zero-order valence-corrected chi connectivity index (χ0v) is 15.6. The third-order valence-electron chi connectivity index (χ3n) is 4.68. The van der Waals surface area contributed by atoms with E-state index in [9.17, 15) is 1.37 Å². The fourth-order valence-electron chi connectivity index (χ4n) is 3.33. The van der Waals surface area contributed by atoms with Crippen LogP contribution < -0.4 is 5.32 Å². The number of pyridine rings is 1. The molecule has 0 bridgehead atoms. The van der Waals surface area contributed by atoms with Crippen LogP contribution >= 0.6 is 23.2 Å². The summed E-state index contributed by atoms with van der Waals surface area (Å²) in [5.41, 5.74) is 4.54. The van der Waals surface area contributed by atoms with E-state index in [1.165, 1.54) is 6.33 Å². The van der Waals surface area contributed by atoms with E-state index in [0.29, 0.717) is 27.7 Å². The Balaban J connectivity index is 1.65. The maximum Gasteiger partial charge on any atom is 0.155 e. The molecule has 0 saturated heterocycles. The van der Waals surface area contributed by atoms with Gasteiger partial charge < -0.3 is 5.32 Å². The fourth-order valence-corrected chi connectivity index (χ4v) is 3.62. The molecule has 0 fully saturated rings. The van der Waals surface area contributed by atoms with Gasteiger partial charge in [-0.1, -0.05) is 41.4 Å². The van der Waals surface area contributed by atoms with Crippen molar-refractivity contribution in [2.75, 3.05) is 6.50 Å². The van der Waals surface area contributed by atoms with Gasteiger partial charge in [0.25, 0.3) is 0 Å². The Hall–Kier alpha value is -2.40. The van der Waals surface area contributed by atoms with E-state index in [1.807, 2.05) is 36.5 Å². The minimum absolute atomic E-state index is 0.293. The molecule has 5 rings (SSSR count). The molecule has 2 aromatic carbocycles. The molecule has 1 N–H and O–H groups in total. The summed E-state index contributed by atoms with van der Waals surface area (Å²) in [6.45, 7) is -1.69. The second-order valence-electron chi connectivity index (χ2n) is 6.33. The van der Waals surface area contributed by atoms with Gasteiger partial charge in [0.05, 0.1) is 10.0 Å². The Morgan fingerprint density at radius 2 is 1.96 bits per heavy atom. The van der Waals surface area contributed by atoms with E-state index in [0.717, 1.165) is 22.3 Å². The van der Waals surface area contributed by atoms with Gasteiger partial charge in [-0.3, -0.25) is 0 Å². The topological polar surface area (TPSA) is 42.2 Å². The standard InChI is InChI=1S/C21H16Cl2N4/c22-19-5-2-14(8-20(19)23)18-10-24-9-16-7-13(1-4-17(16)18)15-3-6-21-25-12-26-27(21)11-15/h1-8,11-12,18,24H,9-10H2/i10D2,18D. The zero-order chi connectivity index (χ0) is 21.1. The van der Waals surface area contributed by atoms with Gasteiger partial charge in [0.2, 0.25) is 0 Å². The maximum absolute atomic E-state index is 9.21. The molecule has 27 heavy (non-hydrogen) atoms. The Kier molecular flexibility index (Phi) is 3.38. The number of fused-ring (bicyclic) bond motifs is 2. The van der Waals surface area contributed by atoms with Crippen molar-refractivity contribution in [3.05, 3.63) is 87.8 Å². The van der Waals surface area contributed by atoms with Crippen molar-refractivity contribution in [2.24, 2.45) is 0 Å². The third-order valence-corrected chi connectivity index (χ3v) is 5.42. The van der Waals surface area contributed by atoms with E-state index in [2.05, 4.69) is 15.4 Å². The lowest BCUT2D eigenvalue weighted by atomic mass is 9.84. The fraction of sp³-hybridized carbons (Fsp3) is 0.143. The molecule has 4 nitrogen and oxygen atoms in total. The summed E-state index contributed by atoms with van der Waals surface area (Å²) in [6.07, 6.45) is 3.40. The highest BCUT2D eigenvalue weighted by molar-refractivity contribution is 6.42. The molecule has 0 spiro atoms. The summed E-state index contributed by atoms with van der Waals surface area (Å²) in [5, 5.41) is 7.72. The van der Waals surface area contributed by atoms with Gasteiger partial charge in [-0.05, 0) is 52.6 Å². The van der Waals surface area contributed by atoms with Crippen molar-refractivity contribution in [1.82, 2.24) is 19.9 Å². The summed E-state index contributed by atoms with van der Waals surface area (Å²) in [7, 11) is 0. The number of hydrogen-bond donors (Lipinski definition) is 1. The van der Waals surface area contributed by atoms with Crippen molar-refractivity contribution < 1.29 is 4.11 Å². The van der Waals surface area contributed by atoms with Gasteiger partial charge in [-0.15, -0.1) is 0 Å². The van der Waals surface area contributed by atoms with Gasteiger partial charge in [0.15, 0.2) is 5.65 Å². The quantitative estimate of drug-likeness (QED) is 0.520. The number of aromatic nitrogens is 3. The first-order chi connectivity index (χ1) is 14.3. The average molecular weight is 398 g/mol. The van der Waals surface area contributed by atoms with Gasteiger partial charge in [-0.25, -0.2) is 9.50 Å². The van der Waals surface area contributed by atoms with Crippen molar-refractivity contribution in [1.29, 1.82) is 0 Å². The van der Waals surface area contributed by atoms with Crippen LogP contribution in [0.15, 0.2) is 61.1 Å². The van der Waals surface area contributed by atoms with E-state index in [4.69, 9.17) is 25.9 Å². The van der Waals surface area contributed by atoms with Gasteiger partial charge in [0, 0.05) is 34.8 Å². The van der Waals surface area contributed by atoms with Gasteiger partial charge in [0.1, 0.15) is 6.33 Å². The monoisotopic (exact) mass is 397 g/mol. The largest absolute Gasteiger partial charge is 0.312 e. The molecule has 0 aliphatic carbocycles. The van der Waals surface area contributed by atoms with Crippen molar-refractivity contribution >= 4 is 28.8 Å². The number of nitrogens with one attached hydrogen (secondary N) is 1. The number of nitrogens with zero attached hydrogens (tertiary/aromatic N) is 3. The van der Waals surface area contributed by atoms with Crippen LogP contribution in [0, 0.1) is 0 Å². The average Bonchev–Trinajstić information content (AvgIpc) is 3.20. The van der Waals surface area contributed by atoms with Crippen LogP contribution in [0.5, 0.6) is 0 Å². The molecular weight excluding hydrogens is 379 g/mol. The summed E-state index contributed by atoms with van der Waals surface area (Å²) in [4.78, 5) is 4.16. The first kappa shape index (κ1) is 13.7. The van der Waals surface area contributed by atoms with E-state index >= 15 is 0 Å². The van der Waals surface area contributed by atoms with Crippen LogP contribution in [-0.2, 0) is 6.54 Å². The molecule has 3 heterocycles. The van der Waals surface area contributed by atoms with Crippen molar-refractivity contribution in [3.63, 3.8) is 0 Å². The Labute approximate surface area is 171 Å². The van der Waals surface area contributed by atoms with E-state index in [-0.39, 0.29) is 0 Å². The van der Waals surface area contributed by atoms with Crippen LogP contribution in [0.4, 0.5) is 0 Å². The molecule has 1 aliphatic rings. The lowest BCUT2D eigenvalue weighted by Crippen LogP contribution is -2.28. The molecule has 1 atom stereocenters. The summed E-state index contributed by atoms with van der Waals surface area (Å²) in [5.74, 6) is -1.69. The van der Waals surface area contributed by atoms with Crippen LogP contribution in [0.25, 0.3) is 16.8 Å². The van der Waals surface area contributed by atoms with Gasteiger partial charge >= 0.3 is 0 Å². The molecule has 1 unspecified atom stereocenters. The molecule has 6 heteroatoms. The Bertz CT molecular complexity index is 1290. The summed E-state index contributed by atoms with van der Waals surface area (Å²) < 4.78 is 28.0. The minimum atomic E-state index is -2.00. The molecule has 134 valence electrons. The third kappa shape index (κ3) is 3.00. The smallest absolute Gasteiger partial charge is 0.155 e. The molecule has 2 aromatic heterocycles. The van der Waals surface area contributed by atoms with Crippen LogP contribution in [0.3, 0.4) is 0 Å². The molecule has 4 aromatic rings. The predicted molar refractivity (Wildman–Crippen MR) is 108 cm³/mol. The van der Waals surface area contributed by atoms with Crippen LogP contribution in [0.2, 0.25) is 10.0 Å². The first-order valence-corrected chi connectivity index (χ1v) is 9.19. The highest BCUT2D eigenvalue weighted by atomic mass is 35.5. The Morgan fingerprint density at radius 1 is 1.07 bits per heavy atom. The predicted octanol–water partition coefficient (Wildman–Crippen LogP) is 4.94. The highest BCUT2D eigenvalue weighted by Crippen LogP contribution is 2.35. The lowest BCUT2D eigenvalue weighted by Gasteiger charge is -2.27. The first-order valence-electron chi connectivity index (χ1n) is 9.93. The van der Waals surface area contributed by atoms with E-state index < -0.39 is 12.4 Å². The molecule has 0 saturated carbocycles. The summed E-state index contributed by atoms with van der Waals surface area (Å²) in [6, 6.07) is 14.4. The molecule has 0 radical (unpaired) electrons. The maximum atomic E-state index is 9.21. The number of hydrogen-bond acceptors (Lipinski definition) is 3. The number of halogens is 2. The zero-order valence-electron chi connectivity index (χ0n) is 17.1. The highest BCUT2D eigenvalue weighted by Gasteiger charge is 2.22.